The zero-order chi connectivity index (χ0) is 10.7. The number of benzene rings is 1. The van der Waals surface area contributed by atoms with E-state index in [-0.39, 0.29) is 6.61 Å². The van der Waals surface area contributed by atoms with Crippen LogP contribution >= 0.6 is 0 Å². The van der Waals surface area contributed by atoms with Crippen molar-refractivity contribution in [2.75, 3.05) is 0 Å². The van der Waals surface area contributed by atoms with Crippen LogP contribution in [-0.4, -0.2) is 25.5 Å². The third-order valence-electron chi connectivity index (χ3n) is 1.97. The Labute approximate surface area is 86.8 Å². The summed E-state index contributed by atoms with van der Waals surface area (Å²) in [7, 11) is 0. The van der Waals surface area contributed by atoms with Crippen molar-refractivity contribution in [2.45, 2.75) is 13.5 Å². The SMILES string of the molecule is Cc1nnc(-c2ccc(CO)cc2)nn1. The van der Waals surface area contributed by atoms with Crippen LogP contribution < -0.4 is 0 Å². The van der Waals surface area contributed by atoms with Gasteiger partial charge in [0, 0.05) is 5.56 Å². The molecule has 1 aromatic carbocycles. The van der Waals surface area contributed by atoms with Gasteiger partial charge in [0.1, 0.15) is 0 Å². The third-order valence-corrected chi connectivity index (χ3v) is 1.97. The number of hydrogen-bond acceptors (Lipinski definition) is 5. The Morgan fingerprint density at radius 3 is 2.13 bits per heavy atom. The van der Waals surface area contributed by atoms with Crippen molar-refractivity contribution in [1.29, 1.82) is 0 Å². The molecule has 0 amide bonds. The number of aromatic nitrogens is 4. The molecule has 0 atom stereocenters. The highest BCUT2D eigenvalue weighted by Gasteiger charge is 2.02. The topological polar surface area (TPSA) is 71.8 Å². The fourth-order valence-corrected chi connectivity index (χ4v) is 1.15. The molecule has 0 radical (unpaired) electrons. The Hall–Kier alpha value is -1.88. The Morgan fingerprint density at radius 1 is 1.00 bits per heavy atom. The monoisotopic (exact) mass is 202 g/mol. The van der Waals surface area contributed by atoms with Gasteiger partial charge in [0.05, 0.1) is 6.61 Å². The molecule has 1 aromatic heterocycles. The fraction of sp³-hybridized carbons (Fsp3) is 0.200. The van der Waals surface area contributed by atoms with Crippen LogP contribution in [0, 0.1) is 6.92 Å². The largest absolute Gasteiger partial charge is 0.392 e. The van der Waals surface area contributed by atoms with E-state index in [2.05, 4.69) is 20.4 Å². The van der Waals surface area contributed by atoms with Crippen LogP contribution in [0.4, 0.5) is 0 Å². The number of aliphatic hydroxyl groups is 1. The molecule has 5 nitrogen and oxygen atoms in total. The van der Waals surface area contributed by atoms with Crippen LogP contribution in [0.3, 0.4) is 0 Å². The Balaban J connectivity index is 2.33. The molecule has 0 saturated carbocycles. The quantitative estimate of drug-likeness (QED) is 0.777. The molecule has 0 bridgehead atoms. The molecule has 2 rings (SSSR count). The van der Waals surface area contributed by atoms with Gasteiger partial charge in [0.2, 0.25) is 5.82 Å². The molecular weight excluding hydrogens is 192 g/mol. The predicted molar refractivity (Wildman–Crippen MR) is 53.7 cm³/mol. The average Bonchev–Trinajstić information content (AvgIpc) is 2.30. The summed E-state index contributed by atoms with van der Waals surface area (Å²) in [4.78, 5) is 0. The van der Waals surface area contributed by atoms with Crippen LogP contribution in [0.5, 0.6) is 0 Å². The van der Waals surface area contributed by atoms with E-state index in [9.17, 15) is 0 Å². The molecule has 0 unspecified atom stereocenters. The lowest BCUT2D eigenvalue weighted by Gasteiger charge is -1.99. The van der Waals surface area contributed by atoms with Crippen molar-refractivity contribution in [3.05, 3.63) is 35.7 Å². The van der Waals surface area contributed by atoms with E-state index >= 15 is 0 Å². The summed E-state index contributed by atoms with van der Waals surface area (Å²) in [5, 5.41) is 24.4. The Morgan fingerprint density at radius 2 is 1.60 bits per heavy atom. The van der Waals surface area contributed by atoms with Crippen LogP contribution in [0.2, 0.25) is 0 Å². The summed E-state index contributed by atoms with van der Waals surface area (Å²) in [5.41, 5.74) is 1.69. The highest BCUT2D eigenvalue weighted by Crippen LogP contribution is 2.13. The fourth-order valence-electron chi connectivity index (χ4n) is 1.15. The maximum absolute atomic E-state index is 8.88. The number of aliphatic hydroxyl groups excluding tert-OH is 1. The van der Waals surface area contributed by atoms with E-state index in [1.54, 1.807) is 6.92 Å². The van der Waals surface area contributed by atoms with Crippen LogP contribution in [0.25, 0.3) is 11.4 Å². The molecule has 0 fully saturated rings. The molecule has 0 saturated heterocycles. The van der Waals surface area contributed by atoms with Gasteiger partial charge in [-0.25, -0.2) is 0 Å². The Kier molecular flexibility index (Phi) is 2.64. The first-order valence-corrected chi connectivity index (χ1v) is 4.54. The Bertz CT molecular complexity index is 438. The second kappa shape index (κ2) is 4.10. The number of hydrogen-bond donors (Lipinski definition) is 1. The van der Waals surface area contributed by atoms with Gasteiger partial charge in [0.25, 0.3) is 0 Å². The number of rotatable bonds is 2. The summed E-state index contributed by atoms with van der Waals surface area (Å²) in [6.07, 6.45) is 0. The molecule has 0 aliphatic heterocycles. The van der Waals surface area contributed by atoms with Crippen molar-refractivity contribution >= 4 is 0 Å². The molecule has 1 N–H and O–H groups in total. The predicted octanol–water partition coefficient (Wildman–Crippen LogP) is 0.734. The lowest BCUT2D eigenvalue weighted by Crippen LogP contribution is -1.98. The van der Waals surface area contributed by atoms with E-state index in [0.29, 0.717) is 11.6 Å². The van der Waals surface area contributed by atoms with Crippen molar-refractivity contribution in [2.24, 2.45) is 0 Å². The minimum atomic E-state index is 0.0333. The summed E-state index contributed by atoms with van der Waals surface area (Å²) < 4.78 is 0. The van der Waals surface area contributed by atoms with Gasteiger partial charge in [-0.3, -0.25) is 0 Å². The second-order valence-corrected chi connectivity index (χ2v) is 3.13. The van der Waals surface area contributed by atoms with E-state index in [0.717, 1.165) is 11.1 Å². The molecule has 15 heavy (non-hydrogen) atoms. The molecular formula is C10H10N4O. The maximum Gasteiger partial charge on any atom is 0.203 e. The molecule has 0 spiro atoms. The highest BCUT2D eigenvalue weighted by atomic mass is 16.3. The first-order chi connectivity index (χ1) is 7.29. The summed E-state index contributed by atoms with van der Waals surface area (Å²) >= 11 is 0. The van der Waals surface area contributed by atoms with Crippen LogP contribution in [0.1, 0.15) is 11.4 Å². The van der Waals surface area contributed by atoms with Gasteiger partial charge in [-0.2, -0.15) is 0 Å². The summed E-state index contributed by atoms with van der Waals surface area (Å²) in [6, 6.07) is 7.30. The van der Waals surface area contributed by atoms with Crippen molar-refractivity contribution in [3.63, 3.8) is 0 Å². The van der Waals surface area contributed by atoms with E-state index in [1.165, 1.54) is 0 Å². The minimum absolute atomic E-state index is 0.0333. The third kappa shape index (κ3) is 2.13. The lowest BCUT2D eigenvalue weighted by molar-refractivity contribution is 0.282. The molecule has 1 heterocycles. The molecule has 5 heteroatoms. The second-order valence-electron chi connectivity index (χ2n) is 3.13. The first-order valence-electron chi connectivity index (χ1n) is 4.54. The average molecular weight is 202 g/mol. The maximum atomic E-state index is 8.88. The van der Waals surface area contributed by atoms with E-state index in [1.807, 2.05) is 24.3 Å². The minimum Gasteiger partial charge on any atom is -0.392 e. The van der Waals surface area contributed by atoms with Gasteiger partial charge < -0.3 is 5.11 Å². The summed E-state index contributed by atoms with van der Waals surface area (Å²) in [6.45, 7) is 1.77. The lowest BCUT2D eigenvalue weighted by atomic mass is 10.1. The zero-order valence-electron chi connectivity index (χ0n) is 8.25. The van der Waals surface area contributed by atoms with Crippen LogP contribution in [0.15, 0.2) is 24.3 Å². The van der Waals surface area contributed by atoms with Gasteiger partial charge in [0.15, 0.2) is 5.82 Å². The van der Waals surface area contributed by atoms with Gasteiger partial charge in [-0.05, 0) is 12.5 Å². The van der Waals surface area contributed by atoms with Crippen molar-refractivity contribution < 1.29 is 5.11 Å². The number of nitrogens with zero attached hydrogens (tertiary/aromatic N) is 4. The molecule has 0 aliphatic rings. The molecule has 0 aliphatic carbocycles. The standard InChI is InChI=1S/C10H10N4O/c1-7-11-13-10(14-12-7)9-4-2-8(6-15)3-5-9/h2-5,15H,6H2,1H3. The van der Waals surface area contributed by atoms with Crippen molar-refractivity contribution in [3.8, 4) is 11.4 Å². The smallest absolute Gasteiger partial charge is 0.203 e. The van der Waals surface area contributed by atoms with Crippen molar-refractivity contribution in [1.82, 2.24) is 20.4 Å². The van der Waals surface area contributed by atoms with E-state index in [4.69, 9.17) is 5.11 Å². The van der Waals surface area contributed by atoms with Gasteiger partial charge >= 0.3 is 0 Å². The highest BCUT2D eigenvalue weighted by molar-refractivity contribution is 5.53. The zero-order valence-corrected chi connectivity index (χ0v) is 8.25. The molecule has 76 valence electrons. The molecule has 2 aromatic rings. The van der Waals surface area contributed by atoms with Gasteiger partial charge in [-0.15, -0.1) is 20.4 Å². The number of aryl methyl sites for hydroxylation is 1. The first kappa shape index (κ1) is 9.67. The van der Waals surface area contributed by atoms with E-state index < -0.39 is 0 Å². The van der Waals surface area contributed by atoms with Gasteiger partial charge in [-0.1, -0.05) is 24.3 Å². The van der Waals surface area contributed by atoms with Crippen LogP contribution in [-0.2, 0) is 6.61 Å². The summed E-state index contributed by atoms with van der Waals surface area (Å²) in [5.74, 6) is 1.04. The normalized spacial score (nSPS) is 10.3.